The number of carboxylic acids is 1. The molecule has 0 atom stereocenters. The number of likely N-dealkylation sites (tertiary alicyclic amines) is 1. The molecular weight excluding hydrogens is 340 g/mol. The fourth-order valence-electron chi connectivity index (χ4n) is 3.18. The molecule has 1 heterocycles. The Morgan fingerprint density at radius 2 is 1.84 bits per heavy atom. The van der Waals surface area contributed by atoms with Crippen molar-refractivity contribution < 1.29 is 19.5 Å². The molecule has 2 amide bonds. The Labute approximate surface area is 151 Å². The lowest BCUT2D eigenvalue weighted by Gasteiger charge is -2.33. The lowest BCUT2D eigenvalue weighted by Crippen LogP contribution is -2.46. The van der Waals surface area contributed by atoms with Gasteiger partial charge in [-0.3, -0.25) is 14.4 Å². The van der Waals surface area contributed by atoms with E-state index in [1.165, 1.54) is 11.8 Å². The third-order valence-corrected chi connectivity index (χ3v) is 5.82. The van der Waals surface area contributed by atoms with Gasteiger partial charge in [-0.05, 0) is 37.8 Å². The fraction of sp³-hybridized carbons (Fsp3) is 0.500. The van der Waals surface area contributed by atoms with Crippen LogP contribution >= 0.6 is 11.8 Å². The lowest BCUT2D eigenvalue weighted by atomic mass is 9.80. The van der Waals surface area contributed by atoms with Crippen LogP contribution in [0.5, 0.6) is 0 Å². The van der Waals surface area contributed by atoms with E-state index < -0.39 is 5.97 Å². The Bertz CT molecular complexity index is 667. The molecule has 0 aromatic heterocycles. The van der Waals surface area contributed by atoms with Gasteiger partial charge in [0.05, 0.1) is 17.2 Å². The first-order valence-corrected chi connectivity index (χ1v) is 9.56. The normalized spacial score (nSPS) is 22.3. The standard InChI is InChI=1S/C18H22N2O4S/c21-16(20-7-3-4-8-20)11-25-15-6-2-1-5-14(15)17(22)19-13-9-12(10-13)18(23)24/h1-2,5-6,12-13H,3-4,7-11H2,(H,19,22)(H,23,24). The fourth-order valence-corrected chi connectivity index (χ4v) is 4.13. The molecule has 2 aliphatic rings. The minimum Gasteiger partial charge on any atom is -0.481 e. The Hall–Kier alpha value is -2.02. The summed E-state index contributed by atoms with van der Waals surface area (Å²) in [4.78, 5) is 38.2. The van der Waals surface area contributed by atoms with Crippen molar-refractivity contribution in [1.82, 2.24) is 10.2 Å². The van der Waals surface area contributed by atoms with Crippen molar-refractivity contribution >= 4 is 29.5 Å². The zero-order valence-electron chi connectivity index (χ0n) is 13.9. The molecule has 25 heavy (non-hydrogen) atoms. The van der Waals surface area contributed by atoms with Gasteiger partial charge in [0.15, 0.2) is 0 Å². The number of carbonyl (C=O) groups is 3. The van der Waals surface area contributed by atoms with E-state index >= 15 is 0 Å². The summed E-state index contributed by atoms with van der Waals surface area (Å²) >= 11 is 1.38. The molecule has 0 unspecified atom stereocenters. The van der Waals surface area contributed by atoms with Gasteiger partial charge in [-0.2, -0.15) is 0 Å². The summed E-state index contributed by atoms with van der Waals surface area (Å²) < 4.78 is 0. The largest absolute Gasteiger partial charge is 0.481 e. The zero-order chi connectivity index (χ0) is 17.8. The minimum absolute atomic E-state index is 0.0853. The van der Waals surface area contributed by atoms with Crippen LogP contribution in [0.3, 0.4) is 0 Å². The molecule has 1 aromatic carbocycles. The number of hydrogen-bond donors (Lipinski definition) is 2. The third kappa shape index (κ3) is 4.34. The highest BCUT2D eigenvalue weighted by Crippen LogP contribution is 2.29. The molecule has 1 aliphatic carbocycles. The number of hydrogen-bond acceptors (Lipinski definition) is 4. The number of thioether (sulfide) groups is 1. The van der Waals surface area contributed by atoms with Crippen LogP contribution in [0.15, 0.2) is 29.2 Å². The SMILES string of the molecule is O=C(NC1CC(C(=O)O)C1)c1ccccc1SCC(=O)N1CCCC1. The highest BCUT2D eigenvalue weighted by atomic mass is 32.2. The van der Waals surface area contributed by atoms with Crippen LogP contribution in [0.25, 0.3) is 0 Å². The highest BCUT2D eigenvalue weighted by molar-refractivity contribution is 8.00. The van der Waals surface area contributed by atoms with Gasteiger partial charge in [-0.15, -0.1) is 11.8 Å². The predicted octanol–water partition coefficient (Wildman–Crippen LogP) is 1.99. The number of benzene rings is 1. The lowest BCUT2D eigenvalue weighted by molar-refractivity contribution is -0.145. The summed E-state index contributed by atoms with van der Waals surface area (Å²) in [5.41, 5.74) is 0.542. The zero-order valence-corrected chi connectivity index (χ0v) is 14.8. The van der Waals surface area contributed by atoms with Crippen molar-refractivity contribution in [3.63, 3.8) is 0 Å². The maximum atomic E-state index is 12.5. The summed E-state index contributed by atoms with van der Waals surface area (Å²) in [5.74, 6) is -0.920. The van der Waals surface area contributed by atoms with E-state index in [0.29, 0.717) is 24.2 Å². The van der Waals surface area contributed by atoms with Crippen LogP contribution in [0, 0.1) is 5.92 Å². The van der Waals surface area contributed by atoms with Crippen molar-refractivity contribution in [3.8, 4) is 0 Å². The maximum absolute atomic E-state index is 12.5. The number of amides is 2. The molecule has 0 radical (unpaired) electrons. The molecule has 0 bridgehead atoms. The van der Waals surface area contributed by atoms with Gasteiger partial charge in [0, 0.05) is 24.0 Å². The van der Waals surface area contributed by atoms with Crippen LogP contribution in [0.1, 0.15) is 36.0 Å². The Kier molecular flexibility index (Phi) is 5.63. The summed E-state index contributed by atoms with van der Waals surface area (Å²) in [5, 5.41) is 11.8. The summed E-state index contributed by atoms with van der Waals surface area (Å²) in [7, 11) is 0. The molecular formula is C18H22N2O4S. The van der Waals surface area contributed by atoms with Crippen LogP contribution in [0.2, 0.25) is 0 Å². The van der Waals surface area contributed by atoms with Crippen LogP contribution < -0.4 is 5.32 Å². The van der Waals surface area contributed by atoms with Gasteiger partial charge in [0.25, 0.3) is 5.91 Å². The van der Waals surface area contributed by atoms with Gasteiger partial charge < -0.3 is 15.3 Å². The minimum atomic E-state index is -0.804. The van der Waals surface area contributed by atoms with E-state index in [0.717, 1.165) is 30.8 Å². The number of aliphatic carboxylic acids is 1. The first-order valence-electron chi connectivity index (χ1n) is 8.58. The molecule has 2 fully saturated rings. The molecule has 7 heteroatoms. The Morgan fingerprint density at radius 1 is 1.16 bits per heavy atom. The Balaban J connectivity index is 1.56. The second-order valence-corrected chi connectivity index (χ2v) is 7.57. The second-order valence-electron chi connectivity index (χ2n) is 6.55. The number of carboxylic acid groups (broad SMARTS) is 1. The van der Waals surface area contributed by atoms with Crippen LogP contribution in [-0.4, -0.2) is 52.7 Å². The van der Waals surface area contributed by atoms with E-state index in [2.05, 4.69) is 5.32 Å². The smallest absolute Gasteiger partial charge is 0.306 e. The molecule has 1 aromatic rings. The van der Waals surface area contributed by atoms with Gasteiger partial charge in [0.1, 0.15) is 0 Å². The Morgan fingerprint density at radius 3 is 2.52 bits per heavy atom. The van der Waals surface area contributed by atoms with E-state index in [4.69, 9.17) is 5.11 Å². The number of nitrogens with zero attached hydrogens (tertiary/aromatic N) is 1. The number of carbonyl (C=O) groups excluding carboxylic acids is 2. The molecule has 6 nitrogen and oxygen atoms in total. The average Bonchev–Trinajstić information content (AvgIpc) is 3.10. The highest BCUT2D eigenvalue weighted by Gasteiger charge is 2.35. The summed E-state index contributed by atoms with van der Waals surface area (Å²) in [6.07, 6.45) is 3.08. The van der Waals surface area contributed by atoms with Crippen LogP contribution in [-0.2, 0) is 9.59 Å². The molecule has 1 aliphatic heterocycles. The van der Waals surface area contributed by atoms with Crippen LogP contribution in [0.4, 0.5) is 0 Å². The number of nitrogens with one attached hydrogen (secondary N) is 1. The van der Waals surface area contributed by atoms with E-state index in [-0.39, 0.29) is 23.8 Å². The topological polar surface area (TPSA) is 86.7 Å². The van der Waals surface area contributed by atoms with Gasteiger partial charge in [0.2, 0.25) is 5.91 Å². The van der Waals surface area contributed by atoms with Gasteiger partial charge in [-0.25, -0.2) is 0 Å². The molecule has 2 N–H and O–H groups in total. The van der Waals surface area contributed by atoms with Crippen molar-refractivity contribution in [2.24, 2.45) is 5.92 Å². The van der Waals surface area contributed by atoms with Crippen molar-refractivity contribution in [1.29, 1.82) is 0 Å². The first-order chi connectivity index (χ1) is 12.0. The summed E-state index contributed by atoms with van der Waals surface area (Å²) in [6.45, 7) is 1.65. The molecule has 3 rings (SSSR count). The molecule has 0 spiro atoms. The maximum Gasteiger partial charge on any atom is 0.306 e. The van der Waals surface area contributed by atoms with E-state index in [9.17, 15) is 14.4 Å². The average molecular weight is 362 g/mol. The number of rotatable bonds is 6. The monoisotopic (exact) mass is 362 g/mol. The molecule has 134 valence electrons. The van der Waals surface area contributed by atoms with E-state index in [1.54, 1.807) is 12.1 Å². The van der Waals surface area contributed by atoms with Gasteiger partial charge in [-0.1, -0.05) is 12.1 Å². The van der Waals surface area contributed by atoms with Crippen molar-refractivity contribution in [3.05, 3.63) is 29.8 Å². The molecule has 1 saturated heterocycles. The first kappa shape index (κ1) is 17.8. The second kappa shape index (κ2) is 7.91. The predicted molar refractivity (Wildman–Crippen MR) is 94.6 cm³/mol. The summed E-state index contributed by atoms with van der Waals surface area (Å²) in [6, 6.07) is 7.15. The quantitative estimate of drug-likeness (QED) is 0.756. The molecule has 1 saturated carbocycles. The van der Waals surface area contributed by atoms with Gasteiger partial charge >= 0.3 is 5.97 Å². The third-order valence-electron chi connectivity index (χ3n) is 4.76. The van der Waals surface area contributed by atoms with Crippen molar-refractivity contribution in [2.45, 2.75) is 36.6 Å². The van der Waals surface area contributed by atoms with Crippen molar-refractivity contribution in [2.75, 3.05) is 18.8 Å². The van der Waals surface area contributed by atoms with E-state index in [1.807, 2.05) is 17.0 Å².